The topological polar surface area (TPSA) is 17.8 Å². The summed E-state index contributed by atoms with van der Waals surface area (Å²) in [6.07, 6.45) is 5.40. The lowest BCUT2D eigenvalue weighted by Gasteiger charge is -2.07. The summed E-state index contributed by atoms with van der Waals surface area (Å²) in [5, 5.41) is 4.24. The van der Waals surface area contributed by atoms with E-state index in [2.05, 4.69) is 45.6 Å². The van der Waals surface area contributed by atoms with Gasteiger partial charge in [-0.05, 0) is 32.3 Å². The van der Waals surface area contributed by atoms with Gasteiger partial charge in [0.25, 0.3) is 0 Å². The van der Waals surface area contributed by atoms with E-state index in [0.29, 0.717) is 4.83 Å². The summed E-state index contributed by atoms with van der Waals surface area (Å²) < 4.78 is 2.06. The monoisotopic (exact) mass is 244 g/mol. The molecule has 0 radical (unpaired) electrons. The fourth-order valence-corrected chi connectivity index (χ4v) is 1.59. The fraction of sp³-hybridized carbons (Fsp3) is 0.700. The second kappa shape index (κ2) is 5.43. The molecule has 3 heteroatoms. The third-order valence-corrected chi connectivity index (χ3v) is 3.37. The van der Waals surface area contributed by atoms with E-state index in [9.17, 15) is 0 Å². The quantitative estimate of drug-likeness (QED) is 0.729. The zero-order valence-electron chi connectivity index (χ0n) is 8.33. The molecule has 0 amide bonds. The maximum Gasteiger partial charge on any atom is 0.0492 e. The fourth-order valence-electron chi connectivity index (χ4n) is 1.37. The Hall–Kier alpha value is -0.310. The number of rotatable bonds is 5. The van der Waals surface area contributed by atoms with Crippen LogP contribution < -0.4 is 0 Å². The SMILES string of the molecule is CCC(Br)CCc1ccnn1CC. The lowest BCUT2D eigenvalue weighted by atomic mass is 10.1. The smallest absolute Gasteiger partial charge is 0.0492 e. The number of halogens is 1. The van der Waals surface area contributed by atoms with E-state index in [1.807, 2.05) is 6.20 Å². The van der Waals surface area contributed by atoms with Crippen LogP contribution in [0, 0.1) is 0 Å². The molecule has 0 saturated heterocycles. The highest BCUT2D eigenvalue weighted by atomic mass is 79.9. The van der Waals surface area contributed by atoms with Crippen LogP contribution in [0.4, 0.5) is 0 Å². The Bertz CT molecular complexity index is 245. The average molecular weight is 245 g/mol. The highest BCUT2D eigenvalue weighted by molar-refractivity contribution is 9.09. The van der Waals surface area contributed by atoms with E-state index in [1.165, 1.54) is 18.5 Å². The van der Waals surface area contributed by atoms with Crippen molar-refractivity contribution in [2.24, 2.45) is 0 Å². The predicted molar refractivity (Wildman–Crippen MR) is 59.2 cm³/mol. The van der Waals surface area contributed by atoms with Crippen molar-refractivity contribution in [1.82, 2.24) is 9.78 Å². The molecule has 74 valence electrons. The van der Waals surface area contributed by atoms with Crippen LogP contribution in [-0.2, 0) is 13.0 Å². The maximum absolute atomic E-state index is 4.24. The van der Waals surface area contributed by atoms with Crippen molar-refractivity contribution in [3.8, 4) is 0 Å². The minimum atomic E-state index is 0.646. The Balaban J connectivity index is 2.44. The molecule has 1 unspecified atom stereocenters. The molecule has 0 aliphatic carbocycles. The molecule has 1 heterocycles. The van der Waals surface area contributed by atoms with E-state index in [1.54, 1.807) is 0 Å². The van der Waals surface area contributed by atoms with Crippen molar-refractivity contribution in [3.05, 3.63) is 18.0 Å². The zero-order chi connectivity index (χ0) is 9.68. The standard InChI is InChI=1S/C10H17BrN2/c1-3-9(11)5-6-10-7-8-12-13(10)4-2/h7-9H,3-6H2,1-2H3. The minimum absolute atomic E-state index is 0.646. The molecule has 2 nitrogen and oxygen atoms in total. The number of alkyl halides is 1. The Labute approximate surface area is 88.5 Å². The van der Waals surface area contributed by atoms with Crippen molar-refractivity contribution in [3.63, 3.8) is 0 Å². The van der Waals surface area contributed by atoms with Gasteiger partial charge in [-0.15, -0.1) is 0 Å². The van der Waals surface area contributed by atoms with Gasteiger partial charge >= 0.3 is 0 Å². The van der Waals surface area contributed by atoms with E-state index >= 15 is 0 Å². The molecule has 0 aromatic carbocycles. The van der Waals surface area contributed by atoms with Crippen molar-refractivity contribution in [2.75, 3.05) is 0 Å². The van der Waals surface area contributed by atoms with Gasteiger partial charge in [-0.1, -0.05) is 22.9 Å². The van der Waals surface area contributed by atoms with Crippen LogP contribution in [0.5, 0.6) is 0 Å². The molecular formula is C10H17BrN2. The number of hydrogen-bond donors (Lipinski definition) is 0. The van der Waals surface area contributed by atoms with Crippen molar-refractivity contribution < 1.29 is 0 Å². The van der Waals surface area contributed by atoms with Gasteiger partial charge in [-0.3, -0.25) is 4.68 Å². The second-order valence-electron chi connectivity index (χ2n) is 3.18. The Morgan fingerprint density at radius 1 is 1.54 bits per heavy atom. The Morgan fingerprint density at radius 2 is 2.31 bits per heavy atom. The Kier molecular flexibility index (Phi) is 4.50. The van der Waals surface area contributed by atoms with Crippen molar-refractivity contribution in [2.45, 2.75) is 44.5 Å². The predicted octanol–water partition coefficient (Wildman–Crippen LogP) is 3.01. The van der Waals surface area contributed by atoms with Gasteiger partial charge in [-0.25, -0.2) is 0 Å². The lowest BCUT2D eigenvalue weighted by Crippen LogP contribution is -2.05. The molecular weight excluding hydrogens is 228 g/mol. The van der Waals surface area contributed by atoms with E-state index in [4.69, 9.17) is 0 Å². The Morgan fingerprint density at radius 3 is 2.92 bits per heavy atom. The van der Waals surface area contributed by atoms with E-state index in [-0.39, 0.29) is 0 Å². The average Bonchev–Trinajstić information content (AvgIpc) is 2.61. The summed E-state index contributed by atoms with van der Waals surface area (Å²) in [4.78, 5) is 0.646. The van der Waals surface area contributed by atoms with Gasteiger partial charge in [0.2, 0.25) is 0 Å². The molecule has 0 fully saturated rings. The molecule has 0 aliphatic rings. The third-order valence-electron chi connectivity index (χ3n) is 2.26. The third kappa shape index (κ3) is 3.14. The first-order valence-electron chi connectivity index (χ1n) is 4.92. The lowest BCUT2D eigenvalue weighted by molar-refractivity contribution is 0.604. The first kappa shape index (κ1) is 10.8. The molecule has 1 rings (SSSR count). The molecule has 0 aliphatic heterocycles. The maximum atomic E-state index is 4.24. The summed E-state index contributed by atoms with van der Waals surface area (Å²) in [6.45, 7) is 5.31. The van der Waals surface area contributed by atoms with Crippen LogP contribution in [0.1, 0.15) is 32.4 Å². The largest absolute Gasteiger partial charge is 0.270 e. The summed E-state index contributed by atoms with van der Waals surface area (Å²) in [5.41, 5.74) is 1.35. The molecule has 0 saturated carbocycles. The summed E-state index contributed by atoms with van der Waals surface area (Å²) in [5.74, 6) is 0. The van der Waals surface area contributed by atoms with Crippen LogP contribution >= 0.6 is 15.9 Å². The number of hydrogen-bond acceptors (Lipinski definition) is 1. The van der Waals surface area contributed by atoms with Gasteiger partial charge in [0.15, 0.2) is 0 Å². The van der Waals surface area contributed by atoms with Crippen LogP contribution in [0.25, 0.3) is 0 Å². The molecule has 0 N–H and O–H groups in total. The molecule has 1 aromatic heterocycles. The van der Waals surface area contributed by atoms with Crippen LogP contribution in [-0.4, -0.2) is 14.6 Å². The molecule has 1 aromatic rings. The number of aryl methyl sites for hydroxylation is 2. The van der Waals surface area contributed by atoms with Gasteiger partial charge in [0.1, 0.15) is 0 Å². The van der Waals surface area contributed by atoms with Gasteiger partial charge in [0, 0.05) is 23.3 Å². The van der Waals surface area contributed by atoms with Gasteiger partial charge < -0.3 is 0 Å². The summed E-state index contributed by atoms with van der Waals surface area (Å²) in [6, 6.07) is 2.11. The molecule has 1 atom stereocenters. The van der Waals surface area contributed by atoms with Crippen LogP contribution in [0.2, 0.25) is 0 Å². The zero-order valence-corrected chi connectivity index (χ0v) is 9.92. The molecule has 0 spiro atoms. The normalized spacial score (nSPS) is 13.2. The molecule has 0 bridgehead atoms. The molecule has 13 heavy (non-hydrogen) atoms. The van der Waals surface area contributed by atoms with E-state index in [0.717, 1.165) is 13.0 Å². The first-order chi connectivity index (χ1) is 6.27. The summed E-state index contributed by atoms with van der Waals surface area (Å²) in [7, 11) is 0. The van der Waals surface area contributed by atoms with Crippen LogP contribution in [0.3, 0.4) is 0 Å². The van der Waals surface area contributed by atoms with Gasteiger partial charge in [-0.2, -0.15) is 5.10 Å². The second-order valence-corrected chi connectivity index (χ2v) is 4.48. The number of aromatic nitrogens is 2. The summed E-state index contributed by atoms with van der Waals surface area (Å²) >= 11 is 3.64. The van der Waals surface area contributed by atoms with Crippen molar-refractivity contribution in [1.29, 1.82) is 0 Å². The van der Waals surface area contributed by atoms with E-state index < -0.39 is 0 Å². The highest BCUT2D eigenvalue weighted by Gasteiger charge is 2.04. The van der Waals surface area contributed by atoms with Crippen LogP contribution in [0.15, 0.2) is 12.3 Å². The minimum Gasteiger partial charge on any atom is -0.270 e. The van der Waals surface area contributed by atoms with Gasteiger partial charge in [0.05, 0.1) is 0 Å². The number of nitrogens with zero attached hydrogens (tertiary/aromatic N) is 2. The van der Waals surface area contributed by atoms with Crippen molar-refractivity contribution >= 4 is 15.9 Å². The first-order valence-corrected chi connectivity index (χ1v) is 5.84. The highest BCUT2D eigenvalue weighted by Crippen LogP contribution is 2.13.